The van der Waals surface area contributed by atoms with Gasteiger partial charge in [0.1, 0.15) is 17.2 Å². The molecule has 0 heterocycles. The molecule has 0 amide bonds. The SMILES string of the molecule is CCCCCCCCCCOc1ccc([S+](c2ccc(OCCCCCCCCCC)cc2)c2ccc(OCCCCCCCCCC)cc2)cc1.O=C([O-])O. The van der Waals surface area contributed by atoms with Crippen LogP contribution in [0.25, 0.3) is 0 Å². The maximum atomic E-state index is 8.44. The predicted octanol–water partition coefficient (Wildman–Crippen LogP) is 14.2. The molecule has 3 aromatic rings. The van der Waals surface area contributed by atoms with Gasteiger partial charge in [-0.25, -0.2) is 0 Å². The van der Waals surface area contributed by atoms with Gasteiger partial charge in [0.2, 0.25) is 6.16 Å². The summed E-state index contributed by atoms with van der Waals surface area (Å²) in [5.74, 6) is 2.89. The molecule has 6 nitrogen and oxygen atoms in total. The lowest BCUT2D eigenvalue weighted by atomic mass is 10.1. The molecule has 0 unspecified atom stereocenters. The zero-order valence-electron chi connectivity index (χ0n) is 35.4. The number of benzene rings is 3. The Hall–Kier alpha value is -3.32. The molecular weight excluding hydrogens is 717 g/mol. The molecule has 0 spiro atoms. The Balaban J connectivity index is 0.00000258. The number of rotatable bonds is 33. The van der Waals surface area contributed by atoms with Gasteiger partial charge in [0.05, 0.1) is 30.7 Å². The van der Waals surface area contributed by atoms with Crippen molar-refractivity contribution in [3.05, 3.63) is 72.8 Å². The molecule has 0 aliphatic rings. The Bertz CT molecular complexity index is 1170. The topological polar surface area (TPSA) is 88.1 Å². The Kier molecular flexibility index (Phi) is 29.5. The Labute approximate surface area is 344 Å². The molecule has 0 saturated heterocycles. The predicted molar refractivity (Wildman–Crippen MR) is 234 cm³/mol. The van der Waals surface area contributed by atoms with Crippen molar-refractivity contribution in [2.24, 2.45) is 0 Å². The molecule has 1 N–H and O–H groups in total. The lowest BCUT2D eigenvalue weighted by Crippen LogP contribution is -2.17. The molecule has 0 aliphatic carbocycles. The van der Waals surface area contributed by atoms with Crippen molar-refractivity contribution in [3.63, 3.8) is 0 Å². The van der Waals surface area contributed by atoms with E-state index in [4.69, 9.17) is 29.2 Å². The number of carbonyl (C=O) groups is 1. The lowest BCUT2D eigenvalue weighted by molar-refractivity contribution is -0.275. The van der Waals surface area contributed by atoms with Crippen molar-refractivity contribution in [3.8, 4) is 17.2 Å². The van der Waals surface area contributed by atoms with Crippen LogP contribution in [0.3, 0.4) is 0 Å². The molecular formula is C49H76O6S. The largest absolute Gasteiger partial charge is 0.565 e. The summed E-state index contributed by atoms with van der Waals surface area (Å²) in [6.07, 6.45) is 29.4. The van der Waals surface area contributed by atoms with E-state index in [2.05, 4.69) is 93.6 Å². The zero-order chi connectivity index (χ0) is 40.3. The summed E-state index contributed by atoms with van der Waals surface area (Å²) in [7, 11) is -0.248. The van der Waals surface area contributed by atoms with E-state index in [9.17, 15) is 0 Å². The third kappa shape index (κ3) is 24.3. The average Bonchev–Trinajstić information content (AvgIpc) is 3.20. The minimum Gasteiger partial charge on any atom is -0.565 e. The Morgan fingerprint density at radius 3 is 0.821 bits per heavy atom. The summed E-state index contributed by atoms with van der Waals surface area (Å²) >= 11 is 0. The van der Waals surface area contributed by atoms with Gasteiger partial charge in [-0.1, -0.05) is 156 Å². The summed E-state index contributed by atoms with van der Waals surface area (Å²) in [5.41, 5.74) is 0. The third-order valence-corrected chi connectivity index (χ3v) is 12.2. The molecule has 3 aromatic carbocycles. The standard InChI is InChI=1S/C48H75O3S.CH2O3/c1-4-7-10-13-16-19-22-25-40-49-43-28-34-46(35-29-43)52(47-36-30-44(31-37-47)50-41-26-23-20-17-14-11-8-5-2)48-38-32-45(33-39-48)51-42-27-24-21-18-15-12-9-6-3;2-1(3)4/h28-39H,4-27,40-42H2,1-3H3;(H2,2,3,4)/q+1;/p-1. The quantitative estimate of drug-likeness (QED) is 0.0488. The van der Waals surface area contributed by atoms with Crippen LogP contribution in [0.4, 0.5) is 4.79 Å². The highest BCUT2D eigenvalue weighted by atomic mass is 32.2. The van der Waals surface area contributed by atoms with Gasteiger partial charge < -0.3 is 29.2 Å². The van der Waals surface area contributed by atoms with Crippen LogP contribution in [0, 0.1) is 0 Å². The van der Waals surface area contributed by atoms with E-state index in [1.807, 2.05) is 0 Å². The first-order valence-corrected chi connectivity index (χ1v) is 23.5. The van der Waals surface area contributed by atoms with Gasteiger partial charge in [-0.05, 0) is 92.1 Å². The number of ether oxygens (including phenoxy) is 3. The summed E-state index contributed by atoms with van der Waals surface area (Å²) < 4.78 is 18.5. The first-order chi connectivity index (χ1) is 27.5. The molecule has 0 bridgehead atoms. The van der Waals surface area contributed by atoms with Gasteiger partial charge in [0, 0.05) is 0 Å². The maximum absolute atomic E-state index is 8.44. The van der Waals surface area contributed by atoms with Crippen molar-refractivity contribution in [2.45, 2.75) is 190 Å². The van der Waals surface area contributed by atoms with Crippen LogP contribution in [-0.4, -0.2) is 31.1 Å². The summed E-state index contributed by atoms with van der Waals surface area (Å²) in [5, 5.41) is 15.3. The molecule has 0 saturated carbocycles. The molecule has 314 valence electrons. The van der Waals surface area contributed by atoms with Crippen LogP contribution >= 0.6 is 0 Å². The highest BCUT2D eigenvalue weighted by Crippen LogP contribution is 2.34. The second-order valence-electron chi connectivity index (χ2n) is 15.0. The van der Waals surface area contributed by atoms with Crippen LogP contribution in [0.1, 0.15) is 175 Å². The van der Waals surface area contributed by atoms with Gasteiger partial charge >= 0.3 is 0 Å². The molecule has 0 radical (unpaired) electrons. The fraction of sp³-hybridized carbons (Fsp3) is 0.612. The van der Waals surface area contributed by atoms with Crippen molar-refractivity contribution in [2.75, 3.05) is 19.8 Å². The smallest absolute Gasteiger partial charge is 0.249 e. The second kappa shape index (κ2) is 33.8. The van der Waals surface area contributed by atoms with Crippen LogP contribution < -0.4 is 19.3 Å². The normalized spacial score (nSPS) is 10.9. The molecule has 3 rings (SSSR count). The van der Waals surface area contributed by atoms with Gasteiger partial charge in [-0.3, -0.25) is 0 Å². The molecule has 0 atom stereocenters. The fourth-order valence-electron chi connectivity index (χ4n) is 6.70. The Morgan fingerprint density at radius 2 is 0.607 bits per heavy atom. The van der Waals surface area contributed by atoms with Gasteiger partial charge in [0.15, 0.2) is 14.7 Å². The van der Waals surface area contributed by atoms with Crippen LogP contribution in [0.5, 0.6) is 17.2 Å². The fourth-order valence-corrected chi connectivity index (χ4v) is 8.74. The third-order valence-electron chi connectivity index (χ3n) is 9.98. The van der Waals surface area contributed by atoms with Crippen molar-refractivity contribution < 1.29 is 29.2 Å². The maximum Gasteiger partial charge on any atom is 0.249 e. The monoisotopic (exact) mass is 793 g/mol. The van der Waals surface area contributed by atoms with Gasteiger partial charge in [0.25, 0.3) is 0 Å². The van der Waals surface area contributed by atoms with Crippen molar-refractivity contribution >= 4 is 17.1 Å². The van der Waals surface area contributed by atoms with E-state index in [1.54, 1.807) is 0 Å². The highest BCUT2D eigenvalue weighted by molar-refractivity contribution is 7.97. The van der Waals surface area contributed by atoms with Gasteiger partial charge in [-0.2, -0.15) is 0 Å². The van der Waals surface area contributed by atoms with E-state index in [1.165, 1.54) is 150 Å². The minimum atomic E-state index is -2.08. The van der Waals surface area contributed by atoms with E-state index in [-0.39, 0.29) is 10.9 Å². The second-order valence-corrected chi connectivity index (χ2v) is 17.0. The van der Waals surface area contributed by atoms with E-state index < -0.39 is 6.16 Å². The van der Waals surface area contributed by atoms with Crippen LogP contribution in [0.15, 0.2) is 87.5 Å². The first-order valence-electron chi connectivity index (χ1n) is 22.3. The summed E-state index contributed by atoms with van der Waals surface area (Å²) in [6.45, 7) is 9.22. The average molecular weight is 793 g/mol. The minimum absolute atomic E-state index is 0.248. The molecule has 0 fully saturated rings. The van der Waals surface area contributed by atoms with Gasteiger partial charge in [-0.15, -0.1) is 0 Å². The highest BCUT2D eigenvalue weighted by Gasteiger charge is 2.29. The van der Waals surface area contributed by atoms with Crippen molar-refractivity contribution in [1.29, 1.82) is 0 Å². The molecule has 56 heavy (non-hydrogen) atoms. The summed E-state index contributed by atoms with van der Waals surface area (Å²) in [4.78, 5) is 12.3. The summed E-state index contributed by atoms with van der Waals surface area (Å²) in [6, 6.07) is 26.5. The zero-order valence-corrected chi connectivity index (χ0v) is 36.2. The number of hydrogen-bond donors (Lipinski definition) is 1. The van der Waals surface area contributed by atoms with Crippen LogP contribution in [-0.2, 0) is 10.9 Å². The molecule has 0 aliphatic heterocycles. The Morgan fingerprint density at radius 1 is 0.411 bits per heavy atom. The van der Waals surface area contributed by atoms with E-state index in [0.29, 0.717) is 0 Å². The molecule has 0 aromatic heterocycles. The van der Waals surface area contributed by atoms with E-state index >= 15 is 0 Å². The number of hydrogen-bond acceptors (Lipinski definition) is 5. The van der Waals surface area contributed by atoms with Crippen molar-refractivity contribution in [1.82, 2.24) is 0 Å². The number of carboxylic acid groups (broad SMARTS) is 2. The first kappa shape index (κ1) is 48.8. The number of unbranched alkanes of at least 4 members (excludes halogenated alkanes) is 21. The van der Waals surface area contributed by atoms with E-state index in [0.717, 1.165) is 56.3 Å². The lowest BCUT2D eigenvalue weighted by Gasteiger charge is -2.12. The molecule has 7 heteroatoms. The van der Waals surface area contributed by atoms with Crippen LogP contribution in [0.2, 0.25) is 0 Å².